The Morgan fingerprint density at radius 1 is 1.32 bits per heavy atom. The summed E-state index contributed by atoms with van der Waals surface area (Å²) in [6.07, 6.45) is 2.47. The summed E-state index contributed by atoms with van der Waals surface area (Å²) in [6, 6.07) is 7.74. The molecule has 0 spiro atoms. The fourth-order valence-electron chi connectivity index (χ4n) is 2.61. The molecule has 1 aromatic rings. The summed E-state index contributed by atoms with van der Waals surface area (Å²) >= 11 is 1.62. The minimum absolute atomic E-state index is 0.0996. The summed E-state index contributed by atoms with van der Waals surface area (Å²) in [5.41, 5.74) is 0. The van der Waals surface area contributed by atoms with E-state index in [1.54, 1.807) is 17.8 Å². The Morgan fingerprint density at radius 2 is 2.05 bits per heavy atom. The number of hydrogen-bond acceptors (Lipinski definition) is 3. The molecule has 4 heteroatoms. The van der Waals surface area contributed by atoms with Crippen LogP contribution in [0.1, 0.15) is 19.8 Å². The van der Waals surface area contributed by atoms with Gasteiger partial charge in [0.2, 0.25) is 0 Å². The first kappa shape index (κ1) is 14.8. The van der Waals surface area contributed by atoms with Gasteiger partial charge in [0.1, 0.15) is 5.82 Å². The summed E-state index contributed by atoms with van der Waals surface area (Å²) in [5.74, 6) is 0.857. The molecular formula is C15H23FN2S. The van der Waals surface area contributed by atoms with Crippen LogP contribution in [0.3, 0.4) is 0 Å². The molecule has 1 N–H and O–H groups in total. The molecule has 0 amide bonds. The molecule has 19 heavy (non-hydrogen) atoms. The molecule has 2 nitrogen and oxygen atoms in total. The van der Waals surface area contributed by atoms with E-state index < -0.39 is 0 Å². The largest absolute Gasteiger partial charge is 0.317 e. The minimum Gasteiger partial charge on any atom is -0.317 e. The predicted molar refractivity (Wildman–Crippen MR) is 80.3 cm³/mol. The zero-order chi connectivity index (χ0) is 13.5. The molecule has 1 aromatic carbocycles. The summed E-state index contributed by atoms with van der Waals surface area (Å²) in [7, 11) is 0. The average molecular weight is 282 g/mol. The van der Waals surface area contributed by atoms with Gasteiger partial charge in [-0.3, -0.25) is 4.90 Å². The van der Waals surface area contributed by atoms with Crippen molar-refractivity contribution >= 4 is 11.8 Å². The predicted octanol–water partition coefficient (Wildman–Crippen LogP) is 2.99. The van der Waals surface area contributed by atoms with Crippen molar-refractivity contribution in [2.75, 3.05) is 31.9 Å². The van der Waals surface area contributed by atoms with E-state index in [2.05, 4.69) is 17.1 Å². The Balaban J connectivity index is 1.78. The van der Waals surface area contributed by atoms with Gasteiger partial charge in [0.25, 0.3) is 0 Å². The second-order valence-electron chi connectivity index (χ2n) is 4.89. The summed E-state index contributed by atoms with van der Waals surface area (Å²) in [6.45, 7) is 6.60. The second-order valence-corrected chi connectivity index (χ2v) is 6.03. The number of thioether (sulfide) groups is 1. The molecule has 0 bridgehead atoms. The Labute approximate surface area is 119 Å². The third-order valence-corrected chi connectivity index (χ3v) is 4.73. The highest BCUT2D eigenvalue weighted by atomic mass is 32.2. The normalized spacial score (nSPS) is 17.0. The zero-order valence-corrected chi connectivity index (χ0v) is 12.4. The second kappa shape index (κ2) is 7.88. The monoisotopic (exact) mass is 282 g/mol. The standard InChI is InChI=1S/C15H23FN2S/c1-2-18(13-7-9-17-10-8-13)11-12-19-15-6-4-3-5-14(15)16/h3-6,13,17H,2,7-12H2,1H3. The maximum absolute atomic E-state index is 13.5. The molecule has 0 unspecified atom stereocenters. The molecule has 1 aliphatic heterocycles. The highest BCUT2D eigenvalue weighted by Gasteiger charge is 2.19. The fourth-order valence-corrected chi connectivity index (χ4v) is 3.53. The number of halogens is 1. The Morgan fingerprint density at radius 3 is 2.74 bits per heavy atom. The van der Waals surface area contributed by atoms with Crippen LogP contribution < -0.4 is 5.32 Å². The number of nitrogens with one attached hydrogen (secondary N) is 1. The van der Waals surface area contributed by atoms with E-state index in [9.17, 15) is 4.39 Å². The van der Waals surface area contributed by atoms with E-state index in [0.717, 1.165) is 36.8 Å². The zero-order valence-electron chi connectivity index (χ0n) is 11.6. The number of benzene rings is 1. The first-order valence-electron chi connectivity index (χ1n) is 7.13. The Bertz CT molecular complexity index is 380. The first-order valence-corrected chi connectivity index (χ1v) is 8.12. The van der Waals surface area contributed by atoms with E-state index in [4.69, 9.17) is 0 Å². The van der Waals surface area contributed by atoms with E-state index in [1.165, 1.54) is 18.9 Å². The van der Waals surface area contributed by atoms with E-state index in [-0.39, 0.29) is 5.82 Å². The van der Waals surface area contributed by atoms with Crippen LogP contribution in [0.2, 0.25) is 0 Å². The summed E-state index contributed by atoms with van der Waals surface area (Å²) in [4.78, 5) is 3.30. The van der Waals surface area contributed by atoms with Crippen LogP contribution in [0.25, 0.3) is 0 Å². The molecule has 0 aromatic heterocycles. The van der Waals surface area contributed by atoms with Crippen molar-refractivity contribution in [1.82, 2.24) is 10.2 Å². The van der Waals surface area contributed by atoms with Crippen LogP contribution in [0, 0.1) is 5.82 Å². The van der Waals surface area contributed by atoms with Gasteiger partial charge in [0.15, 0.2) is 0 Å². The van der Waals surface area contributed by atoms with Crippen LogP contribution in [0.5, 0.6) is 0 Å². The van der Waals surface area contributed by atoms with Crippen molar-refractivity contribution in [1.29, 1.82) is 0 Å². The minimum atomic E-state index is -0.0996. The van der Waals surface area contributed by atoms with Gasteiger partial charge in [-0.25, -0.2) is 4.39 Å². The molecule has 1 saturated heterocycles. The number of rotatable bonds is 6. The van der Waals surface area contributed by atoms with Crippen LogP contribution in [0.4, 0.5) is 4.39 Å². The molecule has 1 fully saturated rings. The van der Waals surface area contributed by atoms with Gasteiger partial charge >= 0.3 is 0 Å². The SMILES string of the molecule is CCN(CCSc1ccccc1F)C1CCNCC1. The maximum Gasteiger partial charge on any atom is 0.136 e. The molecule has 0 radical (unpaired) electrons. The van der Waals surface area contributed by atoms with Crippen LogP contribution in [-0.4, -0.2) is 42.9 Å². The number of nitrogens with zero attached hydrogens (tertiary/aromatic N) is 1. The smallest absolute Gasteiger partial charge is 0.136 e. The van der Waals surface area contributed by atoms with Gasteiger partial charge in [0, 0.05) is 23.2 Å². The van der Waals surface area contributed by atoms with E-state index in [1.807, 2.05) is 12.1 Å². The lowest BCUT2D eigenvalue weighted by Gasteiger charge is -2.33. The van der Waals surface area contributed by atoms with Gasteiger partial charge in [-0.2, -0.15) is 0 Å². The molecule has 0 atom stereocenters. The quantitative estimate of drug-likeness (QED) is 0.808. The lowest BCUT2D eigenvalue weighted by atomic mass is 10.1. The van der Waals surface area contributed by atoms with Crippen molar-refractivity contribution in [3.8, 4) is 0 Å². The Hall–Kier alpha value is -0.580. The van der Waals surface area contributed by atoms with Crippen LogP contribution in [-0.2, 0) is 0 Å². The highest BCUT2D eigenvalue weighted by Crippen LogP contribution is 2.22. The third-order valence-electron chi connectivity index (χ3n) is 3.70. The molecule has 1 heterocycles. The van der Waals surface area contributed by atoms with Crippen molar-refractivity contribution in [3.05, 3.63) is 30.1 Å². The van der Waals surface area contributed by atoms with Crippen molar-refractivity contribution in [2.45, 2.75) is 30.7 Å². The molecule has 1 aliphatic rings. The topological polar surface area (TPSA) is 15.3 Å². The van der Waals surface area contributed by atoms with Crippen molar-refractivity contribution < 1.29 is 4.39 Å². The molecule has 0 saturated carbocycles. The maximum atomic E-state index is 13.5. The van der Waals surface area contributed by atoms with Gasteiger partial charge in [0.05, 0.1) is 0 Å². The van der Waals surface area contributed by atoms with Crippen molar-refractivity contribution in [2.24, 2.45) is 0 Å². The summed E-state index contributed by atoms with van der Waals surface area (Å²) in [5, 5.41) is 3.40. The molecule has 106 valence electrons. The number of piperidine rings is 1. The third kappa shape index (κ3) is 4.48. The fraction of sp³-hybridized carbons (Fsp3) is 0.600. The lowest BCUT2D eigenvalue weighted by molar-refractivity contribution is 0.180. The molecule has 2 rings (SSSR count). The van der Waals surface area contributed by atoms with E-state index >= 15 is 0 Å². The average Bonchev–Trinajstić information content (AvgIpc) is 2.46. The first-order chi connectivity index (χ1) is 9.31. The van der Waals surface area contributed by atoms with Gasteiger partial charge in [-0.15, -0.1) is 11.8 Å². The van der Waals surface area contributed by atoms with Crippen LogP contribution >= 0.6 is 11.8 Å². The number of hydrogen-bond donors (Lipinski definition) is 1. The highest BCUT2D eigenvalue weighted by molar-refractivity contribution is 7.99. The molecule has 0 aliphatic carbocycles. The Kier molecular flexibility index (Phi) is 6.14. The van der Waals surface area contributed by atoms with Gasteiger partial charge < -0.3 is 5.32 Å². The van der Waals surface area contributed by atoms with Crippen LogP contribution in [0.15, 0.2) is 29.2 Å². The van der Waals surface area contributed by atoms with Gasteiger partial charge in [-0.05, 0) is 44.6 Å². The van der Waals surface area contributed by atoms with Gasteiger partial charge in [-0.1, -0.05) is 19.1 Å². The molecular weight excluding hydrogens is 259 g/mol. The lowest BCUT2D eigenvalue weighted by Crippen LogP contribution is -2.43. The van der Waals surface area contributed by atoms with Crippen molar-refractivity contribution in [3.63, 3.8) is 0 Å². The van der Waals surface area contributed by atoms with E-state index in [0.29, 0.717) is 6.04 Å². The summed E-state index contributed by atoms with van der Waals surface area (Å²) < 4.78 is 13.5.